The summed E-state index contributed by atoms with van der Waals surface area (Å²) < 4.78 is 13.5. The van der Waals surface area contributed by atoms with Gasteiger partial charge in [0.05, 0.1) is 12.0 Å². The summed E-state index contributed by atoms with van der Waals surface area (Å²) in [4.78, 5) is 29.7. The maximum atomic E-state index is 13.5. The average Bonchev–Trinajstić information content (AvgIpc) is 2.86. The van der Waals surface area contributed by atoms with Gasteiger partial charge in [0.15, 0.2) is 0 Å². The van der Waals surface area contributed by atoms with Gasteiger partial charge in [-0.1, -0.05) is 24.3 Å². The number of anilines is 1. The van der Waals surface area contributed by atoms with Gasteiger partial charge in [-0.25, -0.2) is 9.18 Å². The molecule has 2 aliphatic heterocycles. The highest BCUT2D eigenvalue weighted by molar-refractivity contribution is 5.79. The van der Waals surface area contributed by atoms with Gasteiger partial charge in [0.25, 0.3) is 0 Å². The molecule has 2 N–H and O–H groups in total. The van der Waals surface area contributed by atoms with E-state index in [0.29, 0.717) is 39.1 Å². The first-order valence-corrected chi connectivity index (χ1v) is 12.4. The normalized spacial score (nSPS) is 19.1. The molecular weight excluding hydrogens is 461 g/mol. The van der Waals surface area contributed by atoms with Gasteiger partial charge in [0, 0.05) is 57.0 Å². The highest BCUT2D eigenvalue weighted by atomic mass is 19.1. The Labute approximate surface area is 210 Å². The molecule has 0 radical (unpaired) electrons. The number of nitrogens with one attached hydrogen (secondary N) is 1. The summed E-state index contributed by atoms with van der Waals surface area (Å²) in [6.45, 7) is 5.93. The third-order valence-corrected chi connectivity index (χ3v) is 7.05. The van der Waals surface area contributed by atoms with Crippen LogP contribution in [0, 0.1) is 17.1 Å². The number of piperazine rings is 1. The Morgan fingerprint density at radius 3 is 2.42 bits per heavy atom. The predicted octanol–water partition coefficient (Wildman–Crippen LogP) is 3.53. The topological polar surface area (TPSA) is 99.9 Å². The van der Waals surface area contributed by atoms with Crippen molar-refractivity contribution < 1.29 is 19.1 Å². The number of piperidine rings is 1. The van der Waals surface area contributed by atoms with E-state index in [1.807, 2.05) is 42.2 Å². The van der Waals surface area contributed by atoms with Gasteiger partial charge in [0.2, 0.25) is 5.91 Å². The lowest BCUT2D eigenvalue weighted by molar-refractivity contribution is -0.131. The van der Waals surface area contributed by atoms with E-state index in [-0.39, 0.29) is 23.6 Å². The van der Waals surface area contributed by atoms with Crippen LogP contribution in [-0.2, 0) is 17.8 Å². The molecule has 2 aromatic rings. The largest absolute Gasteiger partial charge is 0.465 e. The lowest BCUT2D eigenvalue weighted by atomic mass is 10.0. The molecule has 0 aliphatic carbocycles. The Bertz CT molecular complexity index is 1130. The Morgan fingerprint density at radius 1 is 1.08 bits per heavy atom. The molecule has 2 aromatic carbocycles. The number of amides is 2. The number of hydrogen-bond donors (Lipinski definition) is 2. The molecule has 2 amide bonds. The van der Waals surface area contributed by atoms with Crippen LogP contribution in [0.15, 0.2) is 42.5 Å². The minimum Gasteiger partial charge on any atom is -0.465 e. The van der Waals surface area contributed by atoms with E-state index in [9.17, 15) is 19.1 Å². The number of nitriles is 1. The van der Waals surface area contributed by atoms with Crippen molar-refractivity contribution in [2.24, 2.45) is 0 Å². The fourth-order valence-corrected chi connectivity index (χ4v) is 4.98. The van der Waals surface area contributed by atoms with Crippen LogP contribution >= 0.6 is 0 Å². The molecule has 0 saturated carbocycles. The second kappa shape index (κ2) is 11.4. The molecule has 0 unspecified atom stereocenters. The maximum absolute atomic E-state index is 13.5. The number of nitrogens with zero attached hydrogens (tertiary/aromatic N) is 4. The Hall–Kier alpha value is -3.64. The Morgan fingerprint density at radius 2 is 1.78 bits per heavy atom. The molecule has 2 heterocycles. The summed E-state index contributed by atoms with van der Waals surface area (Å²) in [6.07, 6.45) is 1.07. The maximum Gasteiger partial charge on any atom is 0.407 e. The molecule has 36 heavy (non-hydrogen) atoms. The van der Waals surface area contributed by atoms with Crippen LogP contribution in [-0.4, -0.2) is 76.6 Å². The zero-order valence-corrected chi connectivity index (χ0v) is 20.5. The van der Waals surface area contributed by atoms with Crippen molar-refractivity contribution in [2.45, 2.75) is 44.8 Å². The summed E-state index contributed by atoms with van der Waals surface area (Å²) in [6, 6.07) is 14.5. The highest BCUT2D eigenvalue weighted by Crippen LogP contribution is 2.20. The second-order valence-corrected chi connectivity index (χ2v) is 9.66. The lowest BCUT2D eigenvalue weighted by Gasteiger charge is -2.38. The van der Waals surface area contributed by atoms with Crippen LogP contribution < -0.4 is 5.32 Å². The lowest BCUT2D eigenvalue weighted by Crippen LogP contribution is -2.53. The van der Waals surface area contributed by atoms with Crippen LogP contribution in [0.5, 0.6) is 0 Å². The van der Waals surface area contributed by atoms with Gasteiger partial charge < -0.3 is 20.2 Å². The molecule has 2 fully saturated rings. The Kier molecular flexibility index (Phi) is 8.06. The van der Waals surface area contributed by atoms with Crippen LogP contribution in [0.4, 0.5) is 14.9 Å². The fourth-order valence-electron chi connectivity index (χ4n) is 4.98. The number of halogens is 1. The SMILES string of the molecule is C[C@H]1CN(Cc2ccc(CC(=O)N3CCC(Nc4ccc(F)c(C#N)c4)CC3)cc2)CCN1C(=O)O. The van der Waals surface area contributed by atoms with E-state index in [1.165, 1.54) is 17.0 Å². The van der Waals surface area contributed by atoms with E-state index >= 15 is 0 Å². The van der Waals surface area contributed by atoms with Crippen molar-refractivity contribution in [3.8, 4) is 6.07 Å². The summed E-state index contributed by atoms with van der Waals surface area (Å²) in [5.41, 5.74) is 2.86. The van der Waals surface area contributed by atoms with E-state index in [2.05, 4.69) is 10.2 Å². The van der Waals surface area contributed by atoms with Gasteiger partial charge in [-0.2, -0.15) is 5.26 Å². The summed E-state index contributed by atoms with van der Waals surface area (Å²) in [5.74, 6) is -0.418. The molecule has 8 nitrogen and oxygen atoms in total. The molecule has 190 valence electrons. The summed E-state index contributed by atoms with van der Waals surface area (Å²) >= 11 is 0. The van der Waals surface area contributed by atoms with Gasteiger partial charge in [-0.05, 0) is 49.1 Å². The molecule has 2 saturated heterocycles. The highest BCUT2D eigenvalue weighted by Gasteiger charge is 2.27. The standard InChI is InChI=1S/C27H32FN5O3/c1-19-17-31(12-13-33(19)27(35)36)18-21-4-2-20(3-5-21)14-26(34)32-10-8-23(9-11-32)30-24-6-7-25(28)22(15-24)16-29/h2-7,15,19,23,30H,8-14,17-18H2,1H3,(H,35,36)/t19-/m0/s1. The molecule has 9 heteroatoms. The van der Waals surface area contributed by atoms with Crippen LogP contribution in [0.2, 0.25) is 0 Å². The molecular formula is C27H32FN5O3. The minimum atomic E-state index is -0.862. The minimum absolute atomic E-state index is 0.0222. The zero-order valence-electron chi connectivity index (χ0n) is 20.5. The number of carbonyl (C=O) groups excluding carboxylic acids is 1. The molecule has 1 atom stereocenters. The predicted molar refractivity (Wildman–Crippen MR) is 134 cm³/mol. The molecule has 0 spiro atoms. The number of rotatable bonds is 6. The van der Waals surface area contributed by atoms with Crippen molar-refractivity contribution in [1.82, 2.24) is 14.7 Å². The smallest absolute Gasteiger partial charge is 0.407 e. The van der Waals surface area contributed by atoms with Crippen molar-refractivity contribution >= 4 is 17.7 Å². The van der Waals surface area contributed by atoms with Gasteiger partial charge in [-0.15, -0.1) is 0 Å². The number of likely N-dealkylation sites (tertiary alicyclic amines) is 1. The second-order valence-electron chi connectivity index (χ2n) is 9.66. The summed E-state index contributed by atoms with van der Waals surface area (Å²) in [5, 5.41) is 21.6. The van der Waals surface area contributed by atoms with Crippen molar-refractivity contribution in [2.75, 3.05) is 38.0 Å². The molecule has 0 aromatic heterocycles. The first-order chi connectivity index (χ1) is 17.3. The van der Waals surface area contributed by atoms with Crippen LogP contribution in [0.1, 0.15) is 36.5 Å². The van der Waals surface area contributed by atoms with Crippen LogP contribution in [0.3, 0.4) is 0 Å². The van der Waals surface area contributed by atoms with Gasteiger partial charge in [-0.3, -0.25) is 9.69 Å². The van der Waals surface area contributed by atoms with Crippen molar-refractivity contribution in [3.05, 3.63) is 65.0 Å². The number of carbonyl (C=O) groups is 2. The molecule has 4 rings (SSSR count). The zero-order chi connectivity index (χ0) is 25.7. The van der Waals surface area contributed by atoms with Gasteiger partial charge >= 0.3 is 6.09 Å². The average molecular weight is 494 g/mol. The number of hydrogen-bond acceptors (Lipinski definition) is 5. The quantitative estimate of drug-likeness (QED) is 0.639. The van der Waals surface area contributed by atoms with Crippen molar-refractivity contribution in [1.29, 1.82) is 5.26 Å². The molecule has 2 aliphatic rings. The van der Waals surface area contributed by atoms with Gasteiger partial charge in [0.1, 0.15) is 11.9 Å². The van der Waals surface area contributed by atoms with E-state index in [1.54, 1.807) is 6.07 Å². The summed E-state index contributed by atoms with van der Waals surface area (Å²) in [7, 11) is 0. The third-order valence-electron chi connectivity index (χ3n) is 7.05. The van der Waals surface area contributed by atoms with E-state index in [0.717, 1.165) is 36.2 Å². The first-order valence-electron chi connectivity index (χ1n) is 12.4. The fraction of sp³-hybridized carbons (Fsp3) is 0.444. The van der Waals surface area contributed by atoms with Crippen molar-refractivity contribution in [3.63, 3.8) is 0 Å². The monoisotopic (exact) mass is 493 g/mol. The van der Waals surface area contributed by atoms with Crippen LogP contribution in [0.25, 0.3) is 0 Å². The first kappa shape index (κ1) is 25.5. The molecule has 0 bridgehead atoms. The number of benzene rings is 2. The van der Waals surface area contributed by atoms with E-state index in [4.69, 9.17) is 5.26 Å². The van der Waals surface area contributed by atoms with E-state index < -0.39 is 11.9 Å². The number of carboxylic acid groups (broad SMARTS) is 1. The Balaban J connectivity index is 1.22. The third kappa shape index (κ3) is 6.32.